The predicted octanol–water partition coefficient (Wildman–Crippen LogP) is 10.3. The highest BCUT2D eigenvalue weighted by Crippen LogP contribution is 2.57. The number of carbonyl (C=O) groups excluding carboxylic acids is 9. The van der Waals surface area contributed by atoms with E-state index in [9.17, 15) is 48.3 Å². The molecule has 0 unspecified atom stereocenters. The van der Waals surface area contributed by atoms with Gasteiger partial charge in [0, 0.05) is 92.4 Å². The van der Waals surface area contributed by atoms with E-state index in [1.165, 1.54) is 26.4 Å². The number of para-hydroxylation sites is 1. The Morgan fingerprint density at radius 1 is 0.689 bits per heavy atom. The Kier molecular flexibility index (Phi) is 22.1. The predicted molar refractivity (Wildman–Crippen MR) is 382 cm³/mol. The van der Waals surface area contributed by atoms with E-state index in [1.807, 2.05) is 90.0 Å². The van der Waals surface area contributed by atoms with Crippen LogP contribution in [0.2, 0.25) is 0 Å². The highest BCUT2D eigenvalue weighted by atomic mass is 16.6. The van der Waals surface area contributed by atoms with Crippen molar-refractivity contribution in [3.8, 4) is 40.6 Å². The van der Waals surface area contributed by atoms with Gasteiger partial charge >= 0.3 is 6.09 Å². The van der Waals surface area contributed by atoms with Gasteiger partial charge in [-0.15, -0.1) is 0 Å². The summed E-state index contributed by atoms with van der Waals surface area (Å²) in [7, 11) is 4.61. The molecule has 22 nitrogen and oxygen atoms in total. The van der Waals surface area contributed by atoms with Gasteiger partial charge in [0.2, 0.25) is 17.7 Å². The number of nitrogens with one attached hydrogen (secondary N) is 2. The third-order valence-corrected chi connectivity index (χ3v) is 20.5. The number of anilines is 2. The van der Waals surface area contributed by atoms with E-state index in [0.717, 1.165) is 64.2 Å². The first-order valence-electron chi connectivity index (χ1n) is 35.2. The molecule has 6 aliphatic rings. The van der Waals surface area contributed by atoms with E-state index in [4.69, 9.17) is 28.4 Å². The fraction of sp³-hybridized carbons (Fsp3) is 0.395. The number of hydrogen-bond acceptors (Lipinski definition) is 16. The first kappa shape index (κ1) is 72.0. The zero-order valence-corrected chi connectivity index (χ0v) is 58.9. The standard InChI is InChI=1S/C81H86N6O16/c1-49(2)63(39-61(89)44-82-74(91)30-26-60(88)27-31-75(92)85-45-57-14-8-7-12-53(57)20-21-55-13-9-10-15-66(55)85)76(93)83-50(3)69(90)36-51-16-18-52(19-17-51)47-103-80(97)87-67-42-73(71(100-6)41-65(67)78(95)86-48-81(32-33-81)43-68(86)79(87)96)102-35-11-34-101-72-38-56-22-25-59-37-58(54-23-28-62(98-4)29-24-54)46-84(59)77(94)64(56)40-70(72)99-5/h7-10,12-19,23-24,28-29,38,40-42,46,49-50,59,63,68,79,96H,11,22,25-27,30-37,39,43-45,47-48H2,1-6H3,(H,82,91)(H,83,93)/t50-,59+,63-,68-,79-/m0/s1. The van der Waals surface area contributed by atoms with Crippen molar-refractivity contribution in [2.45, 2.75) is 142 Å². The Morgan fingerprint density at radius 2 is 1.36 bits per heavy atom. The average molecular weight is 1400 g/mol. The second-order valence-corrected chi connectivity index (χ2v) is 27.8. The van der Waals surface area contributed by atoms with Crippen molar-refractivity contribution >= 4 is 69.9 Å². The zero-order chi connectivity index (χ0) is 72.6. The fourth-order valence-electron chi connectivity index (χ4n) is 14.2. The van der Waals surface area contributed by atoms with Crippen LogP contribution in [-0.4, -0.2) is 140 Å². The first-order chi connectivity index (χ1) is 49.7. The van der Waals surface area contributed by atoms with Crippen molar-refractivity contribution in [3.63, 3.8) is 0 Å². The highest BCUT2D eigenvalue weighted by molar-refractivity contribution is 6.06. The molecule has 536 valence electrons. The van der Waals surface area contributed by atoms with E-state index in [2.05, 4.69) is 22.5 Å². The molecule has 103 heavy (non-hydrogen) atoms. The molecule has 22 heteroatoms. The second-order valence-electron chi connectivity index (χ2n) is 27.8. The number of aliphatic hydroxyl groups is 1. The smallest absolute Gasteiger partial charge is 0.416 e. The van der Waals surface area contributed by atoms with E-state index >= 15 is 0 Å². The van der Waals surface area contributed by atoms with E-state index in [-0.39, 0.29) is 134 Å². The van der Waals surface area contributed by atoms with Gasteiger partial charge in [-0.1, -0.05) is 92.4 Å². The van der Waals surface area contributed by atoms with Crippen LogP contribution < -0.4 is 44.1 Å². The van der Waals surface area contributed by atoms with Crippen molar-refractivity contribution in [1.82, 2.24) is 20.4 Å². The first-order valence-corrected chi connectivity index (χ1v) is 35.2. The molecule has 2 fully saturated rings. The number of fused-ring (bicyclic) bond motifs is 6. The molecule has 5 heterocycles. The largest absolute Gasteiger partial charge is 0.497 e. The minimum absolute atomic E-state index is 0.00729. The molecule has 1 saturated carbocycles. The summed E-state index contributed by atoms with van der Waals surface area (Å²) in [5.74, 6) is 4.62. The van der Waals surface area contributed by atoms with Crippen molar-refractivity contribution in [2.24, 2.45) is 17.3 Å². The van der Waals surface area contributed by atoms with Gasteiger partial charge in [-0.25, -0.2) is 9.69 Å². The lowest BCUT2D eigenvalue weighted by Crippen LogP contribution is -2.50. The maximum absolute atomic E-state index is 14.5. The number of benzene rings is 6. The Labute approximate surface area is 598 Å². The number of hydrogen-bond donors (Lipinski definition) is 3. The maximum atomic E-state index is 14.5. The van der Waals surface area contributed by atoms with Gasteiger partial charge in [0.15, 0.2) is 40.8 Å². The molecule has 5 atom stereocenters. The van der Waals surface area contributed by atoms with Gasteiger partial charge in [-0.2, -0.15) is 0 Å². The summed E-state index contributed by atoms with van der Waals surface area (Å²) in [6.07, 6.45) is 3.68. The molecule has 3 N–H and O–H groups in total. The number of methoxy groups -OCH3 is 3. The summed E-state index contributed by atoms with van der Waals surface area (Å²) >= 11 is 0. The molecule has 1 spiro atoms. The molecule has 5 aliphatic heterocycles. The molecule has 0 radical (unpaired) electrons. The number of ketones is 3. The van der Waals surface area contributed by atoms with Crippen molar-refractivity contribution in [3.05, 3.63) is 178 Å². The Bertz CT molecular complexity index is 4380. The molecule has 1 saturated heterocycles. The summed E-state index contributed by atoms with van der Waals surface area (Å²) in [5, 5.41) is 17.5. The van der Waals surface area contributed by atoms with Gasteiger partial charge in [0.1, 0.15) is 18.1 Å². The molecular formula is C81H86N6O16. The number of carbonyl (C=O) groups is 9. The lowest BCUT2D eigenvalue weighted by atomic mass is 9.89. The number of aliphatic hydroxyl groups excluding tert-OH is 1. The molecule has 6 aromatic rings. The number of ether oxygens (including phenoxy) is 6. The van der Waals surface area contributed by atoms with Gasteiger partial charge in [-0.3, -0.25) is 38.4 Å². The monoisotopic (exact) mass is 1400 g/mol. The van der Waals surface area contributed by atoms with Crippen LogP contribution in [0.3, 0.4) is 0 Å². The lowest BCUT2D eigenvalue weighted by molar-refractivity contribution is -0.133. The number of amides is 6. The van der Waals surface area contributed by atoms with Crippen molar-refractivity contribution < 1.29 is 76.7 Å². The van der Waals surface area contributed by atoms with Crippen molar-refractivity contribution in [1.29, 1.82) is 0 Å². The number of nitrogens with zero attached hydrogens (tertiary/aromatic N) is 4. The summed E-state index contributed by atoms with van der Waals surface area (Å²) in [6.45, 7) is 5.57. The Morgan fingerprint density at radius 3 is 2.07 bits per heavy atom. The summed E-state index contributed by atoms with van der Waals surface area (Å²) < 4.78 is 35.4. The fourth-order valence-corrected chi connectivity index (χ4v) is 14.2. The van der Waals surface area contributed by atoms with Gasteiger partial charge < -0.3 is 58.9 Å². The van der Waals surface area contributed by atoms with Crippen LogP contribution >= 0.6 is 0 Å². The van der Waals surface area contributed by atoms with E-state index in [0.29, 0.717) is 71.8 Å². The van der Waals surface area contributed by atoms with Crippen LogP contribution in [0.1, 0.15) is 151 Å². The maximum Gasteiger partial charge on any atom is 0.416 e. The van der Waals surface area contributed by atoms with Crippen LogP contribution in [0.5, 0.6) is 28.7 Å². The Balaban J connectivity index is 0.606. The topological polar surface area (TPSA) is 266 Å². The van der Waals surface area contributed by atoms with Gasteiger partial charge in [-0.05, 0) is 139 Å². The van der Waals surface area contributed by atoms with Crippen LogP contribution in [0.4, 0.5) is 16.2 Å². The van der Waals surface area contributed by atoms with Gasteiger partial charge in [0.05, 0.1) is 76.7 Å². The summed E-state index contributed by atoms with van der Waals surface area (Å²) in [4.78, 5) is 129. The van der Waals surface area contributed by atoms with Crippen LogP contribution in [-0.2, 0) is 59.5 Å². The second kappa shape index (κ2) is 31.6. The minimum atomic E-state index is -1.48. The molecule has 0 bridgehead atoms. The van der Waals surface area contributed by atoms with E-state index < -0.39 is 47.9 Å². The molecule has 1 aliphatic carbocycles. The van der Waals surface area contributed by atoms with E-state index in [1.54, 1.807) is 68.0 Å². The highest BCUT2D eigenvalue weighted by Gasteiger charge is 2.58. The normalized spacial score (nSPS) is 17.9. The van der Waals surface area contributed by atoms with Crippen LogP contribution in [0, 0.1) is 29.1 Å². The summed E-state index contributed by atoms with van der Waals surface area (Å²) in [6, 6.07) is 34.6. The number of Topliss-reactive ketones (excluding diaryl/α,β-unsaturated/α-hetero) is 3. The SMILES string of the molecule is COc1ccc(C2=CN3C(=O)c4cc(OC)c(OCCCOc5cc6c(cc5OC)C(=O)N5CC7(CC7)C[C@H]5[C@H](O)N6C(=O)OCc5ccc(CC(=O)[C@H](C)NC(=O)[C@@H](CC(=O)CNC(=O)CCC(=O)CCC(=O)N6Cc7ccccc7C#Cc7ccccc76)C(C)C)cc5)cc4CC[C@@H]3C2)cc1. The molecule has 6 aromatic carbocycles. The minimum Gasteiger partial charge on any atom is -0.497 e. The number of rotatable bonds is 28. The third kappa shape index (κ3) is 16.4. The molecule has 12 rings (SSSR count). The molecule has 6 amide bonds. The lowest BCUT2D eigenvalue weighted by Gasteiger charge is -2.31. The van der Waals surface area contributed by atoms with Gasteiger partial charge in [0.25, 0.3) is 11.8 Å². The average Bonchev–Trinajstić information content (AvgIpc) is 1.57. The quantitative estimate of drug-likeness (QED) is 0.0304. The Hall–Kier alpha value is -10.8. The third-order valence-electron chi connectivity index (χ3n) is 20.5. The summed E-state index contributed by atoms with van der Waals surface area (Å²) in [5.41, 5.74) is 7.87. The van der Waals surface area contributed by atoms with Crippen LogP contribution in [0.15, 0.2) is 128 Å². The zero-order valence-electron chi connectivity index (χ0n) is 58.9. The number of aryl methyl sites for hydroxylation is 1. The van der Waals surface area contributed by atoms with Crippen molar-refractivity contribution in [2.75, 3.05) is 57.4 Å². The molecular weight excluding hydrogens is 1310 g/mol. The molecule has 0 aromatic heterocycles. The van der Waals surface area contributed by atoms with Crippen LogP contribution in [0.25, 0.3) is 5.57 Å².